The number of aromatic nitrogens is 3. The number of nitrogens with one attached hydrogen (secondary N) is 1. The van der Waals surface area contributed by atoms with Gasteiger partial charge in [0.2, 0.25) is 0 Å². The minimum Gasteiger partial charge on any atom is -0.497 e. The lowest BCUT2D eigenvalue weighted by Crippen LogP contribution is -2.35. The highest BCUT2D eigenvalue weighted by Gasteiger charge is 2.32. The van der Waals surface area contributed by atoms with Crippen LogP contribution in [0.2, 0.25) is 0 Å². The van der Waals surface area contributed by atoms with Gasteiger partial charge in [0.25, 0.3) is 5.91 Å². The Morgan fingerprint density at radius 2 is 2.00 bits per heavy atom. The lowest BCUT2D eigenvalue weighted by Gasteiger charge is -2.15. The number of hydrogen-bond donors (Lipinski definition) is 1. The molecule has 33 heavy (non-hydrogen) atoms. The lowest BCUT2D eigenvalue weighted by atomic mass is 10.0. The first-order valence-corrected chi connectivity index (χ1v) is 12.6. The average Bonchev–Trinajstić information content (AvgIpc) is 3.32. The van der Waals surface area contributed by atoms with Crippen molar-refractivity contribution in [2.45, 2.75) is 32.4 Å². The number of methoxy groups -OCH3 is 2. The van der Waals surface area contributed by atoms with Crippen LogP contribution in [-0.2, 0) is 14.6 Å². The molecule has 0 aliphatic carbocycles. The van der Waals surface area contributed by atoms with Crippen LogP contribution in [0.15, 0.2) is 30.3 Å². The molecule has 1 aromatic carbocycles. The average molecular weight is 473 g/mol. The Labute approximate surface area is 193 Å². The van der Waals surface area contributed by atoms with Crippen LogP contribution >= 0.6 is 0 Å². The lowest BCUT2D eigenvalue weighted by molar-refractivity contribution is 0.0907. The van der Waals surface area contributed by atoms with Gasteiger partial charge in [-0.15, -0.1) is 0 Å². The summed E-state index contributed by atoms with van der Waals surface area (Å²) in [4.78, 5) is 18.1. The molecule has 1 amide bonds. The number of rotatable bonds is 7. The first-order valence-electron chi connectivity index (χ1n) is 10.8. The number of benzene rings is 1. The van der Waals surface area contributed by atoms with Crippen LogP contribution in [0.4, 0.5) is 0 Å². The van der Waals surface area contributed by atoms with E-state index in [0.717, 1.165) is 5.56 Å². The molecule has 0 bridgehead atoms. The number of hydrogen-bond acceptors (Lipinski definition) is 7. The van der Waals surface area contributed by atoms with Gasteiger partial charge in [0.05, 0.1) is 53.6 Å². The van der Waals surface area contributed by atoms with Gasteiger partial charge in [-0.05, 0) is 50.6 Å². The molecular weight excluding hydrogens is 444 g/mol. The van der Waals surface area contributed by atoms with Gasteiger partial charge in [0, 0.05) is 18.7 Å². The van der Waals surface area contributed by atoms with Crippen molar-refractivity contribution >= 4 is 26.8 Å². The quantitative estimate of drug-likeness (QED) is 0.562. The Balaban J connectivity index is 1.87. The Hall–Kier alpha value is -2.98. The van der Waals surface area contributed by atoms with Crippen molar-refractivity contribution in [2.75, 3.05) is 32.3 Å². The Bertz CT molecular complexity index is 1280. The van der Waals surface area contributed by atoms with E-state index in [2.05, 4.69) is 10.4 Å². The topological polar surface area (TPSA) is 112 Å². The van der Waals surface area contributed by atoms with E-state index in [4.69, 9.17) is 14.5 Å². The third-order valence-electron chi connectivity index (χ3n) is 5.82. The standard InChI is InChI=1S/C23H28N4O5S/c1-14(12-31-3)24-23(28)19-11-20(16-5-7-18(32-4)8-6-16)25-22-21(19)15(2)26-27(22)17-9-10-33(29,30)13-17/h5-8,11,14,17H,9-10,12-13H2,1-4H3,(H,24,28)/t14-,17+/m1/s1. The fraction of sp³-hybridized carbons (Fsp3) is 0.435. The predicted molar refractivity (Wildman–Crippen MR) is 125 cm³/mol. The number of sulfone groups is 1. The number of carbonyl (C=O) groups excluding carboxylic acids is 1. The largest absolute Gasteiger partial charge is 0.497 e. The second-order valence-corrected chi connectivity index (χ2v) is 10.6. The first-order chi connectivity index (χ1) is 15.7. The molecule has 1 aliphatic rings. The van der Waals surface area contributed by atoms with Gasteiger partial charge >= 0.3 is 0 Å². The predicted octanol–water partition coefficient (Wildman–Crippen LogP) is 2.54. The van der Waals surface area contributed by atoms with Crippen molar-refractivity contribution in [3.05, 3.63) is 41.6 Å². The highest BCUT2D eigenvalue weighted by Crippen LogP contribution is 2.32. The third kappa shape index (κ3) is 4.72. The molecule has 0 unspecified atom stereocenters. The van der Waals surface area contributed by atoms with Gasteiger partial charge in [0.15, 0.2) is 15.5 Å². The van der Waals surface area contributed by atoms with E-state index in [-0.39, 0.29) is 29.5 Å². The van der Waals surface area contributed by atoms with E-state index in [1.165, 1.54) is 0 Å². The zero-order valence-corrected chi connectivity index (χ0v) is 20.0. The van der Waals surface area contributed by atoms with Gasteiger partial charge in [-0.2, -0.15) is 5.10 Å². The van der Waals surface area contributed by atoms with Crippen LogP contribution in [0.3, 0.4) is 0 Å². The maximum absolute atomic E-state index is 13.3. The fourth-order valence-corrected chi connectivity index (χ4v) is 5.91. The summed E-state index contributed by atoms with van der Waals surface area (Å²) in [6.45, 7) is 4.06. The van der Waals surface area contributed by atoms with Crippen LogP contribution in [0.25, 0.3) is 22.3 Å². The van der Waals surface area contributed by atoms with Gasteiger partial charge < -0.3 is 14.8 Å². The molecule has 9 nitrogen and oxygen atoms in total. The summed E-state index contributed by atoms with van der Waals surface area (Å²) in [6, 6.07) is 8.65. The Morgan fingerprint density at radius 3 is 2.61 bits per heavy atom. The van der Waals surface area contributed by atoms with Gasteiger partial charge in [0.1, 0.15) is 5.75 Å². The number of amides is 1. The van der Waals surface area contributed by atoms with Gasteiger partial charge in [-0.25, -0.2) is 18.1 Å². The van der Waals surface area contributed by atoms with E-state index in [9.17, 15) is 13.2 Å². The molecule has 4 rings (SSSR count). The number of ether oxygens (including phenoxy) is 2. The molecule has 0 radical (unpaired) electrons. The number of fused-ring (bicyclic) bond motifs is 1. The molecule has 3 heterocycles. The van der Waals surface area contributed by atoms with Crippen molar-refractivity contribution in [1.82, 2.24) is 20.1 Å². The Morgan fingerprint density at radius 1 is 1.27 bits per heavy atom. The van der Waals surface area contributed by atoms with Crippen LogP contribution in [-0.4, -0.2) is 67.5 Å². The van der Waals surface area contributed by atoms with Crippen molar-refractivity contribution in [3.63, 3.8) is 0 Å². The number of carbonyl (C=O) groups is 1. The summed E-state index contributed by atoms with van der Waals surface area (Å²) in [5.41, 5.74) is 2.98. The fourth-order valence-electron chi connectivity index (χ4n) is 4.22. The van der Waals surface area contributed by atoms with E-state index < -0.39 is 9.84 Å². The summed E-state index contributed by atoms with van der Waals surface area (Å²) in [5, 5.41) is 8.21. The van der Waals surface area contributed by atoms with Crippen molar-refractivity contribution in [3.8, 4) is 17.0 Å². The van der Waals surface area contributed by atoms with Crippen LogP contribution in [0.5, 0.6) is 5.75 Å². The third-order valence-corrected chi connectivity index (χ3v) is 7.57. The second-order valence-electron chi connectivity index (χ2n) is 8.40. The molecule has 1 aliphatic heterocycles. The maximum atomic E-state index is 13.3. The zero-order valence-electron chi connectivity index (χ0n) is 19.2. The summed E-state index contributed by atoms with van der Waals surface area (Å²) in [7, 11) is 0.0620. The van der Waals surface area contributed by atoms with Crippen molar-refractivity contribution in [2.24, 2.45) is 0 Å². The van der Waals surface area contributed by atoms with E-state index >= 15 is 0 Å². The van der Waals surface area contributed by atoms with Crippen molar-refractivity contribution in [1.29, 1.82) is 0 Å². The van der Waals surface area contributed by atoms with E-state index in [1.54, 1.807) is 25.0 Å². The molecule has 10 heteroatoms. The number of aryl methyl sites for hydroxylation is 1. The normalized spacial score (nSPS) is 18.4. The van der Waals surface area contributed by atoms with Gasteiger partial charge in [-0.1, -0.05) is 0 Å². The minimum absolute atomic E-state index is 0.0179. The Kier molecular flexibility index (Phi) is 6.40. The summed E-state index contributed by atoms with van der Waals surface area (Å²) in [6.07, 6.45) is 0.472. The van der Waals surface area contributed by atoms with Gasteiger partial charge in [-0.3, -0.25) is 4.79 Å². The summed E-state index contributed by atoms with van der Waals surface area (Å²) in [5.74, 6) is 0.592. The number of pyridine rings is 1. The monoisotopic (exact) mass is 472 g/mol. The smallest absolute Gasteiger partial charge is 0.252 e. The highest BCUT2D eigenvalue weighted by atomic mass is 32.2. The molecule has 1 fully saturated rings. The highest BCUT2D eigenvalue weighted by molar-refractivity contribution is 7.91. The first kappa shape index (κ1) is 23.2. The number of nitrogens with zero attached hydrogens (tertiary/aromatic N) is 3. The maximum Gasteiger partial charge on any atom is 0.252 e. The minimum atomic E-state index is -3.12. The molecule has 0 spiro atoms. The zero-order chi connectivity index (χ0) is 23.8. The molecule has 176 valence electrons. The molecule has 1 N–H and O–H groups in total. The molecular formula is C23H28N4O5S. The molecule has 1 saturated heterocycles. The van der Waals surface area contributed by atoms with Crippen LogP contribution in [0, 0.1) is 6.92 Å². The summed E-state index contributed by atoms with van der Waals surface area (Å²) < 4.78 is 36.3. The SMILES string of the molecule is COC[C@@H](C)NC(=O)c1cc(-c2ccc(OC)cc2)nc2c1c(C)nn2[C@H]1CCS(=O)(=O)C1. The van der Waals surface area contributed by atoms with Crippen molar-refractivity contribution < 1.29 is 22.7 Å². The second kappa shape index (κ2) is 9.11. The van der Waals surface area contributed by atoms with E-state index in [1.807, 2.05) is 38.1 Å². The van der Waals surface area contributed by atoms with Crippen LogP contribution in [0.1, 0.15) is 35.4 Å². The molecule has 2 atom stereocenters. The van der Waals surface area contributed by atoms with E-state index in [0.29, 0.717) is 46.8 Å². The molecule has 2 aromatic heterocycles. The summed E-state index contributed by atoms with van der Waals surface area (Å²) >= 11 is 0. The molecule has 0 saturated carbocycles. The molecule has 3 aromatic rings. The van der Waals surface area contributed by atoms with Crippen LogP contribution < -0.4 is 10.1 Å².